The highest BCUT2D eigenvalue weighted by Crippen LogP contribution is 2.27. The number of rotatable bonds is 6. The molecule has 0 bridgehead atoms. The fourth-order valence-corrected chi connectivity index (χ4v) is 5.56. The molecule has 20 heavy (non-hydrogen) atoms. The number of thiophene rings is 1. The van der Waals surface area contributed by atoms with Gasteiger partial charge in [0, 0.05) is 24.5 Å². The molecule has 1 saturated heterocycles. The van der Waals surface area contributed by atoms with Crippen LogP contribution >= 0.6 is 11.3 Å². The van der Waals surface area contributed by atoms with Crippen molar-refractivity contribution >= 4 is 21.4 Å². The maximum atomic E-state index is 12.5. The van der Waals surface area contributed by atoms with Crippen LogP contribution in [0, 0.1) is 12.8 Å². The Bertz CT molecular complexity index is 554. The van der Waals surface area contributed by atoms with Gasteiger partial charge in [0.1, 0.15) is 4.90 Å². The second-order valence-electron chi connectivity index (χ2n) is 5.47. The molecule has 1 unspecified atom stereocenters. The summed E-state index contributed by atoms with van der Waals surface area (Å²) in [4.78, 5) is 3.57. The van der Waals surface area contributed by atoms with Gasteiger partial charge in [0.05, 0.1) is 0 Å². The highest BCUT2D eigenvalue weighted by atomic mass is 32.2. The van der Waals surface area contributed by atoms with Crippen molar-refractivity contribution < 1.29 is 8.42 Å². The van der Waals surface area contributed by atoms with E-state index in [-0.39, 0.29) is 0 Å². The molecule has 7 heteroatoms. The van der Waals surface area contributed by atoms with Crippen molar-refractivity contribution in [1.29, 1.82) is 0 Å². The Kier molecular flexibility index (Phi) is 5.19. The van der Waals surface area contributed by atoms with Crippen LogP contribution in [0.2, 0.25) is 0 Å². The molecular weight excluding hydrogens is 294 g/mol. The van der Waals surface area contributed by atoms with Crippen molar-refractivity contribution in [2.75, 3.05) is 33.7 Å². The van der Waals surface area contributed by atoms with E-state index in [1.54, 1.807) is 0 Å². The van der Waals surface area contributed by atoms with E-state index in [0.717, 1.165) is 30.0 Å². The van der Waals surface area contributed by atoms with Gasteiger partial charge in [0.25, 0.3) is 0 Å². The molecule has 0 spiro atoms. The molecule has 1 aromatic heterocycles. The average molecular weight is 317 g/mol. The van der Waals surface area contributed by atoms with E-state index in [9.17, 15) is 8.42 Å². The summed E-state index contributed by atoms with van der Waals surface area (Å²) >= 11 is 1.50. The summed E-state index contributed by atoms with van der Waals surface area (Å²) in [7, 11) is 0.495. The first-order chi connectivity index (χ1) is 9.44. The van der Waals surface area contributed by atoms with Crippen LogP contribution in [-0.4, -0.2) is 47.0 Å². The largest absolute Gasteiger partial charge is 0.315 e. The summed E-state index contributed by atoms with van der Waals surface area (Å²) in [6.45, 7) is 4.98. The van der Waals surface area contributed by atoms with Crippen LogP contribution in [0.4, 0.5) is 0 Å². The summed E-state index contributed by atoms with van der Waals surface area (Å²) < 4.78 is 27.8. The van der Waals surface area contributed by atoms with Crippen LogP contribution in [0.15, 0.2) is 10.3 Å². The lowest BCUT2D eigenvalue weighted by Crippen LogP contribution is -2.31. The third-order valence-electron chi connectivity index (χ3n) is 3.65. The van der Waals surface area contributed by atoms with Gasteiger partial charge in [-0.05, 0) is 50.8 Å². The molecule has 1 aliphatic rings. The molecule has 2 N–H and O–H groups in total. The molecule has 5 nitrogen and oxygen atoms in total. The monoisotopic (exact) mass is 317 g/mol. The first-order valence-corrected chi connectivity index (χ1v) is 9.20. The van der Waals surface area contributed by atoms with Crippen molar-refractivity contribution in [1.82, 2.24) is 14.9 Å². The number of likely N-dealkylation sites (tertiary alicyclic amines) is 1. The normalized spacial score (nSPS) is 20.6. The highest BCUT2D eigenvalue weighted by Gasteiger charge is 2.25. The number of aryl methyl sites for hydroxylation is 1. The molecule has 0 aromatic carbocycles. The first kappa shape index (κ1) is 15.9. The highest BCUT2D eigenvalue weighted by molar-refractivity contribution is 7.89. The number of nitrogens with zero attached hydrogens (tertiary/aromatic N) is 1. The Balaban J connectivity index is 2.08. The Morgan fingerprint density at radius 3 is 2.85 bits per heavy atom. The van der Waals surface area contributed by atoms with Gasteiger partial charge in [0.15, 0.2) is 0 Å². The van der Waals surface area contributed by atoms with Crippen molar-refractivity contribution in [3.05, 3.63) is 15.8 Å². The Hall–Kier alpha value is -0.470. The maximum Gasteiger partial charge on any atom is 0.241 e. The standard InChI is InChI=1S/C13H23N3O2S2/c1-10-9-19-12(7-14-2)13(10)20(17,18)15-6-11-4-5-16(3)8-11/h9,11,14-15H,4-8H2,1-3H3. The lowest BCUT2D eigenvalue weighted by atomic mass is 10.1. The van der Waals surface area contributed by atoms with Gasteiger partial charge in [-0.1, -0.05) is 0 Å². The summed E-state index contributed by atoms with van der Waals surface area (Å²) in [5.74, 6) is 0.418. The van der Waals surface area contributed by atoms with Crippen LogP contribution in [0.3, 0.4) is 0 Å². The molecule has 0 amide bonds. The Morgan fingerprint density at radius 2 is 2.25 bits per heavy atom. The van der Waals surface area contributed by atoms with Gasteiger partial charge in [-0.15, -0.1) is 11.3 Å². The molecular formula is C13H23N3O2S2. The summed E-state index contributed by atoms with van der Waals surface area (Å²) in [5, 5.41) is 4.93. The van der Waals surface area contributed by atoms with E-state index < -0.39 is 10.0 Å². The molecule has 2 heterocycles. The molecule has 114 valence electrons. The topological polar surface area (TPSA) is 61.4 Å². The van der Waals surface area contributed by atoms with Crippen molar-refractivity contribution in [2.24, 2.45) is 5.92 Å². The fourth-order valence-electron chi connectivity index (χ4n) is 2.62. The summed E-state index contributed by atoms with van der Waals surface area (Å²) in [5.41, 5.74) is 0.830. The third kappa shape index (κ3) is 3.59. The number of hydrogen-bond acceptors (Lipinski definition) is 5. The fraction of sp³-hybridized carbons (Fsp3) is 0.692. The molecule has 0 aliphatic carbocycles. The quantitative estimate of drug-likeness (QED) is 0.822. The molecule has 0 radical (unpaired) electrons. The maximum absolute atomic E-state index is 12.5. The SMILES string of the molecule is CNCc1scc(C)c1S(=O)(=O)NCC1CCN(C)C1. The lowest BCUT2D eigenvalue weighted by molar-refractivity contribution is 0.394. The smallest absolute Gasteiger partial charge is 0.241 e. The predicted octanol–water partition coefficient (Wildman–Crippen LogP) is 1.01. The average Bonchev–Trinajstić information content (AvgIpc) is 2.95. The number of nitrogens with one attached hydrogen (secondary N) is 2. The third-order valence-corrected chi connectivity index (χ3v) is 6.53. The van der Waals surface area contributed by atoms with Gasteiger partial charge < -0.3 is 10.2 Å². The minimum Gasteiger partial charge on any atom is -0.315 e. The van der Waals surface area contributed by atoms with Crippen molar-refractivity contribution in [3.63, 3.8) is 0 Å². The molecule has 2 rings (SSSR count). The second-order valence-corrected chi connectivity index (χ2v) is 8.14. The minimum atomic E-state index is -3.40. The zero-order chi connectivity index (χ0) is 14.8. The Labute approximate surface area is 125 Å². The van der Waals surface area contributed by atoms with Gasteiger partial charge in [-0.3, -0.25) is 0 Å². The van der Waals surface area contributed by atoms with Gasteiger partial charge >= 0.3 is 0 Å². The van der Waals surface area contributed by atoms with Gasteiger partial charge in [-0.25, -0.2) is 13.1 Å². The number of sulfonamides is 1. The van der Waals surface area contributed by atoms with E-state index in [1.165, 1.54) is 11.3 Å². The first-order valence-electron chi connectivity index (χ1n) is 6.84. The van der Waals surface area contributed by atoms with E-state index in [0.29, 0.717) is 23.9 Å². The second kappa shape index (κ2) is 6.53. The van der Waals surface area contributed by atoms with Crippen LogP contribution in [0.25, 0.3) is 0 Å². The summed E-state index contributed by atoms with van der Waals surface area (Å²) in [6, 6.07) is 0. The molecule has 1 atom stereocenters. The lowest BCUT2D eigenvalue weighted by Gasteiger charge is -2.13. The van der Waals surface area contributed by atoms with Crippen LogP contribution in [0.5, 0.6) is 0 Å². The molecule has 1 fully saturated rings. The van der Waals surface area contributed by atoms with Crippen LogP contribution in [0.1, 0.15) is 16.9 Å². The van der Waals surface area contributed by atoms with E-state index in [1.807, 2.05) is 19.4 Å². The molecule has 1 aliphatic heterocycles. The molecule has 1 aromatic rings. The predicted molar refractivity (Wildman–Crippen MR) is 82.6 cm³/mol. The van der Waals surface area contributed by atoms with Gasteiger partial charge in [0.2, 0.25) is 10.0 Å². The van der Waals surface area contributed by atoms with Crippen LogP contribution < -0.4 is 10.0 Å². The number of hydrogen-bond donors (Lipinski definition) is 2. The summed E-state index contributed by atoms with van der Waals surface area (Å²) in [6.07, 6.45) is 1.06. The van der Waals surface area contributed by atoms with E-state index in [2.05, 4.69) is 22.0 Å². The Morgan fingerprint density at radius 1 is 1.50 bits per heavy atom. The van der Waals surface area contributed by atoms with E-state index >= 15 is 0 Å². The van der Waals surface area contributed by atoms with Crippen molar-refractivity contribution in [2.45, 2.75) is 24.8 Å². The molecule has 0 saturated carbocycles. The minimum absolute atomic E-state index is 0.418. The zero-order valence-corrected chi connectivity index (χ0v) is 13.9. The zero-order valence-electron chi connectivity index (χ0n) is 12.3. The van der Waals surface area contributed by atoms with Crippen LogP contribution in [-0.2, 0) is 16.6 Å². The van der Waals surface area contributed by atoms with Crippen molar-refractivity contribution in [3.8, 4) is 0 Å². The van der Waals surface area contributed by atoms with Gasteiger partial charge in [-0.2, -0.15) is 0 Å². The van der Waals surface area contributed by atoms with E-state index in [4.69, 9.17) is 0 Å².